The Bertz CT molecular complexity index is 2940. The van der Waals surface area contributed by atoms with Crippen molar-refractivity contribution in [3.63, 3.8) is 0 Å². The average molecular weight is 644 g/mol. The van der Waals surface area contributed by atoms with E-state index in [0.29, 0.717) is 0 Å². The first kappa shape index (κ1) is 27.0. The molecule has 11 rings (SSSR count). The second-order valence-corrected chi connectivity index (χ2v) is 14.1. The van der Waals surface area contributed by atoms with Gasteiger partial charge in [-0.15, -0.1) is 0 Å². The molecule has 49 heavy (non-hydrogen) atoms. The molecule has 0 bridgehead atoms. The molecular weight excluding hydrogens is 615 g/mol. The molecule has 10 aromatic rings. The highest BCUT2D eigenvalue weighted by Gasteiger charge is 2.25. The zero-order valence-electron chi connectivity index (χ0n) is 26.5. The summed E-state index contributed by atoms with van der Waals surface area (Å²) in [5.74, 6) is 0. The number of anilines is 1. The number of rotatable bonds is 3. The fourth-order valence-corrected chi connectivity index (χ4v) is 9.29. The number of nitrogens with one attached hydrogen (secondary N) is 1. The first-order valence-corrected chi connectivity index (χ1v) is 17.7. The van der Waals surface area contributed by atoms with Crippen molar-refractivity contribution >= 4 is 82.6 Å². The molecule has 0 saturated heterocycles. The molecule has 2 aromatic heterocycles. The highest BCUT2D eigenvalue weighted by molar-refractivity contribution is 8.00. The van der Waals surface area contributed by atoms with Gasteiger partial charge in [-0.2, -0.15) is 0 Å². The number of thioether (sulfide) groups is 1. The molecule has 8 aromatic carbocycles. The van der Waals surface area contributed by atoms with E-state index in [-0.39, 0.29) is 5.37 Å². The van der Waals surface area contributed by atoms with Crippen molar-refractivity contribution in [1.82, 2.24) is 9.13 Å². The second kappa shape index (κ2) is 10.3. The van der Waals surface area contributed by atoms with Crippen LogP contribution in [0.2, 0.25) is 0 Å². The van der Waals surface area contributed by atoms with Gasteiger partial charge in [-0.1, -0.05) is 121 Å². The van der Waals surface area contributed by atoms with E-state index in [4.69, 9.17) is 0 Å². The molecule has 1 aliphatic heterocycles. The van der Waals surface area contributed by atoms with Crippen molar-refractivity contribution in [3.8, 4) is 11.4 Å². The van der Waals surface area contributed by atoms with Gasteiger partial charge in [0.15, 0.2) is 0 Å². The Morgan fingerprint density at radius 3 is 1.78 bits per heavy atom. The lowest BCUT2D eigenvalue weighted by Gasteiger charge is -2.14. The number of benzene rings is 8. The number of para-hydroxylation sites is 3. The molecule has 4 heteroatoms. The van der Waals surface area contributed by atoms with Crippen molar-refractivity contribution in [2.45, 2.75) is 10.3 Å². The quantitative estimate of drug-likeness (QED) is 0.194. The number of aromatic nitrogens is 2. The van der Waals surface area contributed by atoms with E-state index in [2.05, 4.69) is 178 Å². The number of nitrogens with zero attached hydrogens (tertiary/aromatic N) is 2. The molecule has 0 radical (unpaired) electrons. The molecule has 1 aliphatic rings. The predicted molar refractivity (Wildman–Crippen MR) is 209 cm³/mol. The first-order valence-electron chi connectivity index (χ1n) is 16.8. The maximum atomic E-state index is 3.88. The average Bonchev–Trinajstić information content (AvgIpc) is 3.84. The van der Waals surface area contributed by atoms with E-state index in [9.17, 15) is 0 Å². The van der Waals surface area contributed by atoms with Crippen LogP contribution in [-0.2, 0) is 0 Å². The Balaban J connectivity index is 1.15. The molecule has 0 amide bonds. The van der Waals surface area contributed by atoms with Crippen LogP contribution in [0.3, 0.4) is 0 Å². The standard InChI is InChI=1S/C45H29N3S/c1-3-11-29(12-4-1)45-46-44-42(49-45)24-21-28-19-20-30-25-32(22-23-33(30)43(28)44)48-39-18-10-8-16-35(39)37-26-36-34-15-7-9-17-38(34)47(40(36)27-41(37)48)31-13-5-2-6-14-31/h1-27,45-46H. The van der Waals surface area contributed by atoms with Gasteiger partial charge in [0.05, 0.1) is 27.8 Å². The predicted octanol–water partition coefficient (Wildman–Crippen LogP) is 12.4. The second-order valence-electron chi connectivity index (χ2n) is 13.0. The van der Waals surface area contributed by atoms with Gasteiger partial charge >= 0.3 is 0 Å². The van der Waals surface area contributed by atoms with Crippen molar-refractivity contribution in [2.75, 3.05) is 5.32 Å². The van der Waals surface area contributed by atoms with Crippen LogP contribution in [0, 0.1) is 0 Å². The fraction of sp³-hybridized carbons (Fsp3) is 0.0222. The smallest absolute Gasteiger partial charge is 0.103 e. The largest absolute Gasteiger partial charge is 0.368 e. The summed E-state index contributed by atoms with van der Waals surface area (Å²) in [7, 11) is 0. The van der Waals surface area contributed by atoms with E-state index in [1.165, 1.54) is 87.0 Å². The zero-order valence-corrected chi connectivity index (χ0v) is 27.3. The van der Waals surface area contributed by atoms with E-state index in [1.54, 1.807) is 0 Å². The van der Waals surface area contributed by atoms with Crippen molar-refractivity contribution in [3.05, 3.63) is 169 Å². The number of hydrogen-bond acceptors (Lipinski definition) is 2. The maximum Gasteiger partial charge on any atom is 0.103 e. The molecule has 1 N–H and O–H groups in total. The van der Waals surface area contributed by atoms with Gasteiger partial charge in [0.1, 0.15) is 5.37 Å². The summed E-state index contributed by atoms with van der Waals surface area (Å²) < 4.78 is 4.86. The van der Waals surface area contributed by atoms with Gasteiger partial charge in [-0.25, -0.2) is 0 Å². The van der Waals surface area contributed by atoms with Crippen molar-refractivity contribution in [2.24, 2.45) is 0 Å². The Morgan fingerprint density at radius 1 is 0.429 bits per heavy atom. The van der Waals surface area contributed by atoms with E-state index >= 15 is 0 Å². The normalized spacial score (nSPS) is 14.4. The topological polar surface area (TPSA) is 21.9 Å². The molecule has 230 valence electrons. The third-order valence-corrected chi connectivity index (χ3v) is 11.5. The molecule has 3 heterocycles. The monoisotopic (exact) mass is 643 g/mol. The minimum absolute atomic E-state index is 0.206. The summed E-state index contributed by atoms with van der Waals surface area (Å²) in [6.45, 7) is 0. The summed E-state index contributed by atoms with van der Waals surface area (Å²) in [6.07, 6.45) is 0. The van der Waals surface area contributed by atoms with Crippen LogP contribution in [0.1, 0.15) is 10.9 Å². The van der Waals surface area contributed by atoms with Crippen LogP contribution in [-0.4, -0.2) is 9.13 Å². The Morgan fingerprint density at radius 2 is 1.04 bits per heavy atom. The first-order chi connectivity index (χ1) is 24.3. The molecule has 1 unspecified atom stereocenters. The molecule has 1 atom stereocenters. The van der Waals surface area contributed by atoms with E-state index < -0.39 is 0 Å². The van der Waals surface area contributed by atoms with Crippen LogP contribution >= 0.6 is 11.8 Å². The maximum absolute atomic E-state index is 3.88. The van der Waals surface area contributed by atoms with Crippen LogP contribution in [0.4, 0.5) is 5.69 Å². The summed E-state index contributed by atoms with van der Waals surface area (Å²) in [5, 5.41) is 14.2. The van der Waals surface area contributed by atoms with Crippen LogP contribution in [0.5, 0.6) is 0 Å². The Kier molecular flexibility index (Phi) is 5.66. The van der Waals surface area contributed by atoms with Crippen LogP contribution in [0.25, 0.3) is 76.5 Å². The van der Waals surface area contributed by atoms with Crippen molar-refractivity contribution in [1.29, 1.82) is 0 Å². The Labute approximate surface area is 287 Å². The molecule has 0 saturated carbocycles. The summed E-state index contributed by atoms with van der Waals surface area (Å²) in [5.41, 5.74) is 9.72. The van der Waals surface area contributed by atoms with Gasteiger partial charge in [0.25, 0.3) is 0 Å². The molecule has 0 fully saturated rings. The lowest BCUT2D eigenvalue weighted by Crippen LogP contribution is -2.01. The van der Waals surface area contributed by atoms with Gasteiger partial charge in [0, 0.05) is 43.2 Å². The number of hydrogen-bond donors (Lipinski definition) is 1. The van der Waals surface area contributed by atoms with Gasteiger partial charge in [-0.3, -0.25) is 0 Å². The van der Waals surface area contributed by atoms with Crippen LogP contribution in [0.15, 0.2) is 169 Å². The third kappa shape index (κ3) is 3.92. The highest BCUT2D eigenvalue weighted by Crippen LogP contribution is 2.51. The summed E-state index contributed by atoms with van der Waals surface area (Å²) in [6, 6.07) is 60.0. The number of fused-ring (bicyclic) bond motifs is 11. The highest BCUT2D eigenvalue weighted by atomic mass is 32.2. The summed E-state index contributed by atoms with van der Waals surface area (Å²) in [4.78, 5) is 1.30. The third-order valence-electron chi connectivity index (χ3n) is 10.3. The van der Waals surface area contributed by atoms with E-state index in [0.717, 1.165) is 5.69 Å². The SMILES string of the molecule is c1ccc(C2Nc3c(ccc4ccc5cc(-n6c7ccccc7c7cc8c9ccccc9n(-c9ccccc9)c8cc76)ccc5c34)S2)cc1. The van der Waals surface area contributed by atoms with Gasteiger partial charge < -0.3 is 14.5 Å². The zero-order chi connectivity index (χ0) is 32.1. The lowest BCUT2D eigenvalue weighted by atomic mass is 9.99. The van der Waals surface area contributed by atoms with Crippen molar-refractivity contribution < 1.29 is 0 Å². The van der Waals surface area contributed by atoms with Gasteiger partial charge in [-0.05, 0) is 76.3 Å². The lowest BCUT2D eigenvalue weighted by molar-refractivity contribution is 1.14. The van der Waals surface area contributed by atoms with Gasteiger partial charge in [0.2, 0.25) is 0 Å². The molecule has 0 aliphatic carbocycles. The molecular formula is C45H29N3S. The van der Waals surface area contributed by atoms with E-state index in [1.807, 2.05) is 11.8 Å². The minimum Gasteiger partial charge on any atom is -0.368 e. The van der Waals surface area contributed by atoms with Crippen LogP contribution < -0.4 is 5.32 Å². The molecule has 3 nitrogen and oxygen atoms in total. The fourth-order valence-electron chi connectivity index (χ4n) is 8.14. The Hall–Kier alpha value is -5.97. The minimum atomic E-state index is 0.206. The molecule has 0 spiro atoms. The summed E-state index contributed by atoms with van der Waals surface area (Å²) >= 11 is 1.90.